The molecule has 0 saturated carbocycles. The lowest BCUT2D eigenvalue weighted by Gasteiger charge is -2.22. The van der Waals surface area contributed by atoms with Gasteiger partial charge in [0.05, 0.1) is 16.1 Å². The summed E-state index contributed by atoms with van der Waals surface area (Å²) in [5, 5.41) is 4.67. The first kappa shape index (κ1) is 25.7. The molecule has 3 heterocycles. The van der Waals surface area contributed by atoms with Crippen LogP contribution in [-0.2, 0) is 21.6 Å². The molecule has 7 nitrogen and oxygen atoms in total. The molecule has 3 aromatic heterocycles. The highest BCUT2D eigenvalue weighted by atomic mass is 35.5. The quantitative estimate of drug-likeness (QED) is 0.278. The number of carbonyl (C=O) groups is 1. The lowest BCUT2D eigenvalue weighted by molar-refractivity contribution is -0.121. The Kier molecular flexibility index (Phi) is 7.62. The van der Waals surface area contributed by atoms with Gasteiger partial charge in [-0.1, -0.05) is 37.6 Å². The maximum atomic E-state index is 12.0. The Morgan fingerprint density at radius 2 is 1.81 bits per heavy atom. The van der Waals surface area contributed by atoms with E-state index in [4.69, 9.17) is 26.3 Å². The normalized spacial score (nSPS) is 11.8. The molecule has 0 aliphatic rings. The fraction of sp³-hybridized carbons (Fsp3) is 0.321. The zero-order valence-corrected chi connectivity index (χ0v) is 21.9. The summed E-state index contributed by atoms with van der Waals surface area (Å²) in [6.45, 7) is 10.5. The van der Waals surface area contributed by atoms with Crippen LogP contribution in [0.5, 0.6) is 0 Å². The second kappa shape index (κ2) is 10.7. The van der Waals surface area contributed by atoms with Crippen LogP contribution >= 0.6 is 11.6 Å². The number of Topliss-reactive ketones (excluding diaryl/α,β-unsaturated/α-hetero) is 1. The van der Waals surface area contributed by atoms with Gasteiger partial charge in [-0.2, -0.15) is 0 Å². The number of halogens is 1. The van der Waals surface area contributed by atoms with E-state index in [-0.39, 0.29) is 12.4 Å². The van der Waals surface area contributed by atoms with Crippen LogP contribution in [0.3, 0.4) is 0 Å². The van der Waals surface area contributed by atoms with Crippen molar-refractivity contribution < 1.29 is 9.53 Å². The summed E-state index contributed by atoms with van der Waals surface area (Å²) >= 11 is 6.35. The second-order valence-electron chi connectivity index (χ2n) is 9.68. The van der Waals surface area contributed by atoms with Crippen LogP contribution in [0.4, 0.5) is 11.5 Å². The van der Waals surface area contributed by atoms with Gasteiger partial charge in [-0.25, -0.2) is 15.0 Å². The summed E-state index contributed by atoms with van der Waals surface area (Å²) in [4.78, 5) is 30.6. The minimum absolute atomic E-state index is 0.117. The van der Waals surface area contributed by atoms with Crippen LogP contribution in [0.15, 0.2) is 54.7 Å². The lowest BCUT2D eigenvalue weighted by Crippen LogP contribution is -2.26. The Hall–Kier alpha value is -3.42. The zero-order chi connectivity index (χ0) is 25.9. The van der Waals surface area contributed by atoms with Gasteiger partial charge in [0.15, 0.2) is 11.5 Å². The van der Waals surface area contributed by atoms with Gasteiger partial charge in [0.25, 0.3) is 0 Å². The van der Waals surface area contributed by atoms with Crippen molar-refractivity contribution in [2.45, 2.75) is 46.6 Å². The summed E-state index contributed by atoms with van der Waals surface area (Å²) in [6, 6.07) is 15.1. The number of fused-ring (bicyclic) bond motifs is 1. The van der Waals surface area contributed by atoms with E-state index in [1.165, 1.54) is 0 Å². The fourth-order valence-corrected chi connectivity index (χ4v) is 3.84. The molecule has 0 aliphatic heterocycles. The molecule has 8 heteroatoms. The number of hydrogen-bond donors (Lipinski definition) is 1. The average Bonchev–Trinajstić information content (AvgIpc) is 2.84. The van der Waals surface area contributed by atoms with Gasteiger partial charge in [-0.05, 0) is 68.7 Å². The largest absolute Gasteiger partial charge is 0.373 e. The third-order valence-electron chi connectivity index (χ3n) is 6.04. The monoisotopic (exact) mass is 503 g/mol. The van der Waals surface area contributed by atoms with E-state index in [1.54, 1.807) is 25.3 Å². The molecule has 0 saturated heterocycles. The topological polar surface area (TPSA) is 89.9 Å². The third-order valence-corrected chi connectivity index (χ3v) is 6.34. The van der Waals surface area contributed by atoms with Crippen molar-refractivity contribution in [1.29, 1.82) is 0 Å². The number of anilines is 2. The Morgan fingerprint density at radius 3 is 2.47 bits per heavy atom. The minimum atomic E-state index is -0.547. The molecule has 0 fully saturated rings. The fourth-order valence-electron chi connectivity index (χ4n) is 3.62. The predicted molar refractivity (Wildman–Crippen MR) is 143 cm³/mol. The Morgan fingerprint density at radius 1 is 1.06 bits per heavy atom. The van der Waals surface area contributed by atoms with Gasteiger partial charge < -0.3 is 10.1 Å². The van der Waals surface area contributed by atoms with Gasteiger partial charge in [0, 0.05) is 23.9 Å². The molecule has 0 radical (unpaired) electrons. The average molecular weight is 504 g/mol. The van der Waals surface area contributed by atoms with E-state index in [0.717, 1.165) is 16.6 Å². The van der Waals surface area contributed by atoms with E-state index >= 15 is 0 Å². The van der Waals surface area contributed by atoms with E-state index in [2.05, 4.69) is 29.1 Å². The zero-order valence-electron chi connectivity index (χ0n) is 21.2. The second-order valence-corrected chi connectivity index (χ2v) is 10.1. The number of ketones is 1. The van der Waals surface area contributed by atoms with E-state index < -0.39 is 5.41 Å². The van der Waals surface area contributed by atoms with Crippen molar-refractivity contribution in [2.24, 2.45) is 5.92 Å². The van der Waals surface area contributed by atoms with Crippen LogP contribution in [-0.4, -0.2) is 32.3 Å². The molecule has 0 amide bonds. The first-order valence-corrected chi connectivity index (χ1v) is 12.3. The number of nitrogens with one attached hydrogen (secondary N) is 1. The van der Waals surface area contributed by atoms with Crippen molar-refractivity contribution >= 4 is 39.9 Å². The van der Waals surface area contributed by atoms with Crippen LogP contribution in [0.2, 0.25) is 5.02 Å². The third kappa shape index (κ3) is 5.69. The number of carbonyl (C=O) groups excluding carboxylic acids is 1. The van der Waals surface area contributed by atoms with Gasteiger partial charge in [-0.3, -0.25) is 9.78 Å². The van der Waals surface area contributed by atoms with Crippen molar-refractivity contribution in [2.75, 3.05) is 11.9 Å². The molecule has 4 rings (SSSR count). The Balaban J connectivity index is 1.72. The van der Waals surface area contributed by atoms with Crippen molar-refractivity contribution in [3.63, 3.8) is 0 Å². The molecular formula is C28H30ClN5O2. The van der Waals surface area contributed by atoms with Crippen LogP contribution in [0, 0.1) is 5.92 Å². The molecule has 0 spiro atoms. The Bertz CT molecular complexity index is 1390. The van der Waals surface area contributed by atoms with E-state index in [1.807, 2.05) is 50.2 Å². The number of rotatable bonds is 9. The van der Waals surface area contributed by atoms with Crippen molar-refractivity contribution in [3.8, 4) is 11.4 Å². The lowest BCUT2D eigenvalue weighted by atomic mass is 9.81. The summed E-state index contributed by atoms with van der Waals surface area (Å²) in [6.07, 6.45) is 1.68. The highest BCUT2D eigenvalue weighted by molar-refractivity contribution is 6.32. The summed E-state index contributed by atoms with van der Waals surface area (Å²) in [5.41, 5.74) is 2.98. The first-order chi connectivity index (χ1) is 17.1. The van der Waals surface area contributed by atoms with Gasteiger partial charge in [-0.15, -0.1) is 0 Å². The van der Waals surface area contributed by atoms with E-state index in [0.29, 0.717) is 46.2 Å². The molecule has 1 N–H and O–H groups in total. The number of benzene rings is 1. The maximum Gasteiger partial charge on any atom is 0.165 e. The number of aromatic nitrogens is 4. The van der Waals surface area contributed by atoms with Crippen molar-refractivity contribution in [1.82, 2.24) is 19.9 Å². The van der Waals surface area contributed by atoms with Crippen LogP contribution < -0.4 is 5.32 Å². The standard InChI is InChI=1S/C28H30ClN5O2/c1-17(2)15-36-16-24-33-26(31-20-10-8-19(9-11-20)28(4,5)18(3)35)21-12-13-23(32-27(21)34-24)25-22(29)7-6-14-30-25/h6-14,17H,15-16H2,1-5H3,(H,31,32,33,34). The SMILES string of the molecule is CC(=O)C(C)(C)c1ccc(Nc2nc(COCC(C)C)nc3nc(-c4ncccc4Cl)ccc23)cc1. The van der Waals surface area contributed by atoms with E-state index in [9.17, 15) is 4.79 Å². The highest BCUT2D eigenvalue weighted by Gasteiger charge is 2.25. The molecule has 0 atom stereocenters. The molecule has 0 aliphatic carbocycles. The summed E-state index contributed by atoms with van der Waals surface area (Å²) in [7, 11) is 0. The van der Waals surface area contributed by atoms with Gasteiger partial charge >= 0.3 is 0 Å². The first-order valence-electron chi connectivity index (χ1n) is 11.9. The van der Waals surface area contributed by atoms with Gasteiger partial charge in [0.1, 0.15) is 23.9 Å². The Labute approximate surface area is 216 Å². The predicted octanol–water partition coefficient (Wildman–Crippen LogP) is 6.52. The molecule has 36 heavy (non-hydrogen) atoms. The molecule has 4 aromatic rings. The molecule has 186 valence electrons. The van der Waals surface area contributed by atoms with Crippen LogP contribution in [0.1, 0.15) is 46.0 Å². The molecule has 1 aromatic carbocycles. The van der Waals surface area contributed by atoms with Crippen LogP contribution in [0.25, 0.3) is 22.4 Å². The summed E-state index contributed by atoms with van der Waals surface area (Å²) < 4.78 is 5.80. The smallest absolute Gasteiger partial charge is 0.165 e. The number of ether oxygens (including phenoxy) is 1. The number of pyridine rings is 2. The number of nitrogens with zero attached hydrogens (tertiary/aromatic N) is 4. The van der Waals surface area contributed by atoms with Crippen molar-refractivity contribution in [3.05, 3.63) is 71.1 Å². The minimum Gasteiger partial charge on any atom is -0.373 e. The maximum absolute atomic E-state index is 12.0. The number of hydrogen-bond acceptors (Lipinski definition) is 7. The molecular weight excluding hydrogens is 474 g/mol. The van der Waals surface area contributed by atoms with Gasteiger partial charge in [0.2, 0.25) is 0 Å². The molecule has 0 bridgehead atoms. The summed E-state index contributed by atoms with van der Waals surface area (Å²) in [5.74, 6) is 1.66. The molecule has 0 unspecified atom stereocenters. The highest BCUT2D eigenvalue weighted by Crippen LogP contribution is 2.30.